The van der Waals surface area contributed by atoms with Gasteiger partial charge in [0, 0.05) is 46.2 Å². The minimum absolute atomic E-state index is 0.420. The molecule has 0 spiro atoms. The van der Waals surface area contributed by atoms with Crippen molar-refractivity contribution in [1.29, 1.82) is 0 Å². The smallest absolute Gasteiger partial charge is 0.0458 e. The van der Waals surface area contributed by atoms with Crippen LogP contribution in [0.2, 0.25) is 0 Å². The molecule has 0 atom stereocenters. The molecule has 3 aromatic rings. The predicted molar refractivity (Wildman–Crippen MR) is 160 cm³/mol. The molecule has 0 saturated heterocycles. The van der Waals surface area contributed by atoms with Crippen LogP contribution in [0, 0.1) is 13.8 Å². The predicted octanol–water partition coefficient (Wildman–Crippen LogP) is 7.31. The van der Waals surface area contributed by atoms with Crippen molar-refractivity contribution >= 4 is 35.2 Å². The van der Waals surface area contributed by atoms with Crippen molar-refractivity contribution in [3.05, 3.63) is 77.9 Å². The van der Waals surface area contributed by atoms with Crippen LogP contribution < -0.4 is 25.7 Å². The molecule has 0 bridgehead atoms. The molecular weight excluding hydrogens is 443 g/mol. The number of rotatable bonds is 9. The number of anilines is 2. The van der Waals surface area contributed by atoms with Crippen molar-refractivity contribution in [2.24, 2.45) is 0 Å². The van der Waals surface area contributed by atoms with E-state index in [2.05, 4.69) is 146 Å². The van der Waals surface area contributed by atoms with Crippen molar-refractivity contribution in [1.82, 2.24) is 0 Å². The molecule has 0 aliphatic rings. The maximum absolute atomic E-state index is 2.59. The van der Waals surface area contributed by atoms with Gasteiger partial charge in [0.15, 0.2) is 0 Å². The Bertz CT molecular complexity index is 1020. The Labute approximate surface area is 216 Å². The van der Waals surface area contributed by atoms with Crippen molar-refractivity contribution in [2.75, 3.05) is 9.80 Å². The first-order valence-corrected chi connectivity index (χ1v) is 14.5. The summed E-state index contributed by atoms with van der Waals surface area (Å²) in [6.07, 6.45) is 0. The second kappa shape index (κ2) is 11.6. The highest BCUT2D eigenvalue weighted by molar-refractivity contribution is 7.80. The first-order chi connectivity index (χ1) is 16.5. The molecule has 2 nitrogen and oxygen atoms in total. The maximum Gasteiger partial charge on any atom is 0.0458 e. The van der Waals surface area contributed by atoms with Crippen LogP contribution in [0.25, 0.3) is 0 Å². The highest BCUT2D eigenvalue weighted by Gasteiger charge is 2.29. The minimum atomic E-state index is -0.760. The van der Waals surface area contributed by atoms with E-state index >= 15 is 0 Å². The lowest BCUT2D eigenvalue weighted by atomic mass is 10.1. The third kappa shape index (κ3) is 6.10. The van der Waals surface area contributed by atoms with Crippen molar-refractivity contribution in [3.63, 3.8) is 0 Å². The van der Waals surface area contributed by atoms with E-state index in [1.54, 1.807) is 0 Å². The van der Waals surface area contributed by atoms with Crippen molar-refractivity contribution in [2.45, 2.75) is 93.4 Å². The molecule has 3 rings (SSSR count). The minimum Gasteiger partial charge on any atom is -0.366 e. The molecule has 3 heteroatoms. The summed E-state index contributed by atoms with van der Waals surface area (Å²) in [4.78, 5) is 5.19. The monoisotopic (exact) mass is 488 g/mol. The van der Waals surface area contributed by atoms with E-state index in [-0.39, 0.29) is 0 Å². The molecule has 0 N–H and O–H groups in total. The van der Waals surface area contributed by atoms with E-state index in [0.29, 0.717) is 24.2 Å². The van der Waals surface area contributed by atoms with E-state index in [1.165, 1.54) is 38.4 Å². The second-order valence-corrected chi connectivity index (χ2v) is 13.0. The summed E-state index contributed by atoms with van der Waals surface area (Å²) in [6.45, 7) is 22.9. The molecule has 0 fully saturated rings. The average Bonchev–Trinajstić information content (AvgIpc) is 2.76. The van der Waals surface area contributed by atoms with Crippen LogP contribution in [0.1, 0.15) is 66.5 Å². The molecule has 3 aromatic carbocycles. The molecule has 0 saturated carbocycles. The summed E-state index contributed by atoms with van der Waals surface area (Å²) in [7, 11) is -0.760. The Morgan fingerprint density at radius 3 is 1.23 bits per heavy atom. The number of hydrogen-bond donors (Lipinski definition) is 0. The van der Waals surface area contributed by atoms with Crippen LogP contribution in [0.5, 0.6) is 0 Å². The lowest BCUT2D eigenvalue weighted by Crippen LogP contribution is -2.42. The van der Waals surface area contributed by atoms with Gasteiger partial charge in [-0.15, -0.1) is 0 Å². The molecular formula is C32H45N2P. The molecule has 188 valence electrons. The summed E-state index contributed by atoms with van der Waals surface area (Å²) < 4.78 is 0. The highest BCUT2D eigenvalue weighted by Crippen LogP contribution is 2.41. The van der Waals surface area contributed by atoms with Crippen molar-refractivity contribution in [3.8, 4) is 0 Å². The van der Waals surface area contributed by atoms with Gasteiger partial charge >= 0.3 is 0 Å². The molecule has 0 heterocycles. The zero-order valence-electron chi connectivity index (χ0n) is 23.5. The summed E-state index contributed by atoms with van der Waals surface area (Å²) in [5.41, 5.74) is 5.37. The van der Waals surface area contributed by atoms with Gasteiger partial charge in [-0.3, -0.25) is 0 Å². The van der Waals surface area contributed by atoms with Crippen LogP contribution in [0.3, 0.4) is 0 Å². The molecule has 0 radical (unpaired) electrons. The first kappa shape index (κ1) is 27.3. The van der Waals surface area contributed by atoms with Gasteiger partial charge in [0.2, 0.25) is 0 Å². The Balaban J connectivity index is 2.39. The van der Waals surface area contributed by atoms with Gasteiger partial charge in [-0.25, -0.2) is 0 Å². The second-order valence-electron chi connectivity index (χ2n) is 10.8. The number of hydrogen-bond acceptors (Lipinski definition) is 2. The zero-order chi connectivity index (χ0) is 25.9. The van der Waals surface area contributed by atoms with Gasteiger partial charge in [-0.05, 0) is 106 Å². The average molecular weight is 489 g/mol. The quantitative estimate of drug-likeness (QED) is 0.291. The van der Waals surface area contributed by atoms with Crippen LogP contribution in [-0.4, -0.2) is 24.2 Å². The SMILES string of the molecule is Cc1ccc(P(c2ccccc2)c2ccc(C)cc2N(C(C)C)C(C)C)c(N(C(C)C)C(C)C)c1. The largest absolute Gasteiger partial charge is 0.366 e. The third-order valence-corrected chi connectivity index (χ3v) is 9.07. The standard InChI is InChI=1S/C32H45N2P/c1-22(2)33(23(3)4)29-20-26(9)16-18-31(29)35(28-14-12-11-13-15-28)32-19-17-27(10)21-30(32)34(24(5)6)25(7)8/h11-25H,1-10H3. The van der Waals surface area contributed by atoms with Gasteiger partial charge in [-0.2, -0.15) is 0 Å². The summed E-state index contributed by atoms with van der Waals surface area (Å²) in [5.74, 6) is 0. The lowest BCUT2D eigenvalue weighted by Gasteiger charge is -2.39. The Kier molecular flexibility index (Phi) is 9.05. The Morgan fingerprint density at radius 1 is 0.514 bits per heavy atom. The van der Waals surface area contributed by atoms with E-state index in [9.17, 15) is 0 Å². The fourth-order valence-electron chi connectivity index (χ4n) is 5.35. The molecule has 35 heavy (non-hydrogen) atoms. The summed E-state index contributed by atoms with van der Waals surface area (Å²) in [5, 5.41) is 4.28. The molecule has 0 unspecified atom stereocenters. The van der Waals surface area contributed by atoms with Crippen molar-refractivity contribution < 1.29 is 0 Å². The molecule has 0 aliphatic carbocycles. The first-order valence-electron chi connectivity index (χ1n) is 13.2. The van der Waals surface area contributed by atoms with Gasteiger partial charge in [0.05, 0.1) is 0 Å². The molecule has 0 aliphatic heterocycles. The van der Waals surface area contributed by atoms with Crippen LogP contribution in [-0.2, 0) is 0 Å². The number of aryl methyl sites for hydroxylation is 2. The molecule has 0 amide bonds. The number of nitrogens with zero attached hydrogens (tertiary/aromatic N) is 2. The fourth-order valence-corrected chi connectivity index (χ4v) is 7.90. The third-order valence-electron chi connectivity index (χ3n) is 6.54. The van der Waals surface area contributed by atoms with Gasteiger partial charge in [0.1, 0.15) is 0 Å². The Morgan fingerprint density at radius 2 is 0.886 bits per heavy atom. The summed E-state index contributed by atoms with van der Waals surface area (Å²) in [6, 6.07) is 27.1. The Hall–Kier alpha value is -2.31. The van der Waals surface area contributed by atoms with E-state index in [0.717, 1.165) is 0 Å². The van der Waals surface area contributed by atoms with E-state index < -0.39 is 7.92 Å². The zero-order valence-corrected chi connectivity index (χ0v) is 24.4. The van der Waals surface area contributed by atoms with Crippen LogP contribution in [0.15, 0.2) is 66.7 Å². The number of benzene rings is 3. The van der Waals surface area contributed by atoms with Crippen LogP contribution >= 0.6 is 7.92 Å². The van der Waals surface area contributed by atoms with Gasteiger partial charge < -0.3 is 9.80 Å². The lowest BCUT2D eigenvalue weighted by molar-refractivity contribution is 0.609. The van der Waals surface area contributed by atoms with Crippen LogP contribution in [0.4, 0.5) is 11.4 Å². The van der Waals surface area contributed by atoms with E-state index in [4.69, 9.17) is 0 Å². The summed E-state index contributed by atoms with van der Waals surface area (Å²) >= 11 is 0. The highest BCUT2D eigenvalue weighted by atomic mass is 31.1. The van der Waals surface area contributed by atoms with Gasteiger partial charge in [0.25, 0.3) is 0 Å². The maximum atomic E-state index is 2.59. The van der Waals surface area contributed by atoms with E-state index in [1.807, 2.05) is 0 Å². The fraction of sp³-hybridized carbons (Fsp3) is 0.438. The molecule has 0 aromatic heterocycles. The topological polar surface area (TPSA) is 6.48 Å². The van der Waals surface area contributed by atoms with Gasteiger partial charge in [-0.1, -0.05) is 54.6 Å². The normalized spacial score (nSPS) is 11.9.